The number of hydrogen-bond donors (Lipinski definition) is 2. The highest BCUT2D eigenvalue weighted by molar-refractivity contribution is 6.31. The number of benzene rings is 2. The number of carbonyl (C=O) groups is 1. The molecule has 1 amide bonds. The predicted molar refractivity (Wildman–Crippen MR) is 100 cm³/mol. The van der Waals surface area contributed by atoms with Crippen molar-refractivity contribution >= 4 is 28.9 Å². The summed E-state index contributed by atoms with van der Waals surface area (Å²) >= 11 is 6.06. The molecule has 0 aliphatic carbocycles. The van der Waals surface area contributed by atoms with E-state index in [9.17, 15) is 4.79 Å². The number of hydrogen-bond acceptors (Lipinski definition) is 3. The summed E-state index contributed by atoms with van der Waals surface area (Å²) in [5, 5.41) is 6.55. The van der Waals surface area contributed by atoms with Crippen molar-refractivity contribution in [3.63, 3.8) is 0 Å². The van der Waals surface area contributed by atoms with Gasteiger partial charge in [-0.1, -0.05) is 37.6 Å². The normalized spacial score (nSPS) is 10.5. The number of halogens is 1. The lowest BCUT2D eigenvalue weighted by Gasteiger charge is -2.11. The van der Waals surface area contributed by atoms with E-state index in [-0.39, 0.29) is 12.5 Å². The molecule has 0 bridgehead atoms. The fourth-order valence-electron chi connectivity index (χ4n) is 2.02. The molecule has 0 fully saturated rings. The lowest BCUT2D eigenvalue weighted by molar-refractivity contribution is -0.114. The second kappa shape index (κ2) is 8.60. The lowest BCUT2D eigenvalue weighted by Crippen LogP contribution is -2.21. The summed E-state index contributed by atoms with van der Waals surface area (Å²) < 4.78 is 5.68. The molecule has 2 aromatic carbocycles. The fourth-order valence-corrected chi connectivity index (χ4v) is 2.20. The molecule has 0 saturated heterocycles. The third-order valence-corrected chi connectivity index (χ3v) is 3.73. The van der Waals surface area contributed by atoms with Crippen molar-refractivity contribution in [1.29, 1.82) is 0 Å². The average Bonchev–Trinajstić information content (AvgIpc) is 2.55. The van der Waals surface area contributed by atoms with Crippen LogP contribution in [0.25, 0.3) is 0 Å². The molecular formula is C19H23ClN2O2. The molecule has 2 rings (SSSR count). The van der Waals surface area contributed by atoms with E-state index in [2.05, 4.69) is 24.5 Å². The zero-order valence-electron chi connectivity index (χ0n) is 14.2. The molecule has 0 spiro atoms. The number of nitrogens with one attached hydrogen (secondary N) is 2. The number of aryl methyl sites for hydroxylation is 1. The molecule has 0 heterocycles. The third-order valence-electron chi connectivity index (χ3n) is 3.33. The highest BCUT2D eigenvalue weighted by Crippen LogP contribution is 2.20. The Morgan fingerprint density at radius 2 is 1.96 bits per heavy atom. The van der Waals surface area contributed by atoms with Crippen LogP contribution < -0.4 is 15.4 Å². The number of ether oxygens (including phenoxy) is 1. The summed E-state index contributed by atoms with van der Waals surface area (Å²) in [6.45, 7) is 6.95. The summed E-state index contributed by atoms with van der Waals surface area (Å²) in [5.74, 6) is 1.12. The molecule has 0 aromatic heterocycles. The second-order valence-corrected chi connectivity index (χ2v) is 6.51. The largest absolute Gasteiger partial charge is 0.493 e. The van der Waals surface area contributed by atoms with E-state index in [0.29, 0.717) is 23.2 Å². The van der Waals surface area contributed by atoms with Gasteiger partial charge in [0.2, 0.25) is 5.91 Å². The lowest BCUT2D eigenvalue weighted by atomic mass is 10.2. The standard InChI is InChI=1S/C19H23ClN2O2/c1-13(2)12-24-17-6-4-5-15(9-17)21-11-19(23)22-16-8-7-14(3)18(20)10-16/h4-10,13,21H,11-12H2,1-3H3,(H,22,23). The highest BCUT2D eigenvalue weighted by atomic mass is 35.5. The first kappa shape index (κ1) is 18.1. The Labute approximate surface area is 148 Å². The first-order valence-electron chi connectivity index (χ1n) is 7.97. The first-order chi connectivity index (χ1) is 11.4. The Bertz CT molecular complexity index is 702. The van der Waals surface area contributed by atoms with Gasteiger partial charge in [-0.05, 0) is 42.7 Å². The summed E-state index contributed by atoms with van der Waals surface area (Å²) in [5.41, 5.74) is 2.51. The molecule has 5 heteroatoms. The van der Waals surface area contributed by atoms with E-state index in [1.807, 2.05) is 43.3 Å². The maximum atomic E-state index is 12.0. The Balaban J connectivity index is 1.87. The SMILES string of the molecule is Cc1ccc(NC(=O)CNc2cccc(OCC(C)C)c2)cc1Cl. The van der Waals surface area contributed by atoms with Crippen molar-refractivity contribution in [2.75, 3.05) is 23.8 Å². The smallest absolute Gasteiger partial charge is 0.243 e. The van der Waals surface area contributed by atoms with Crippen LogP contribution in [0, 0.1) is 12.8 Å². The van der Waals surface area contributed by atoms with Crippen molar-refractivity contribution in [3.05, 3.63) is 53.1 Å². The van der Waals surface area contributed by atoms with E-state index in [4.69, 9.17) is 16.3 Å². The van der Waals surface area contributed by atoms with E-state index in [1.54, 1.807) is 6.07 Å². The molecule has 4 nitrogen and oxygen atoms in total. The van der Waals surface area contributed by atoms with Crippen LogP contribution in [0.5, 0.6) is 5.75 Å². The maximum Gasteiger partial charge on any atom is 0.243 e. The van der Waals surface area contributed by atoms with Gasteiger partial charge in [-0.25, -0.2) is 0 Å². The Morgan fingerprint density at radius 1 is 1.17 bits per heavy atom. The Kier molecular flexibility index (Phi) is 6.50. The van der Waals surface area contributed by atoms with Gasteiger partial charge < -0.3 is 15.4 Å². The van der Waals surface area contributed by atoms with Crippen LogP contribution in [0.15, 0.2) is 42.5 Å². The molecule has 2 N–H and O–H groups in total. The van der Waals surface area contributed by atoms with E-state index < -0.39 is 0 Å². The number of rotatable bonds is 7. The minimum atomic E-state index is -0.136. The van der Waals surface area contributed by atoms with Crippen LogP contribution in [-0.4, -0.2) is 19.1 Å². The van der Waals surface area contributed by atoms with Gasteiger partial charge >= 0.3 is 0 Å². The van der Waals surface area contributed by atoms with E-state index in [1.165, 1.54) is 0 Å². The van der Waals surface area contributed by atoms with Crippen molar-refractivity contribution in [2.45, 2.75) is 20.8 Å². The van der Waals surface area contributed by atoms with Gasteiger partial charge in [0.1, 0.15) is 5.75 Å². The quantitative estimate of drug-likeness (QED) is 0.761. The molecule has 24 heavy (non-hydrogen) atoms. The number of anilines is 2. The molecule has 0 aliphatic heterocycles. The summed E-state index contributed by atoms with van der Waals surface area (Å²) in [6.07, 6.45) is 0. The Hall–Kier alpha value is -2.20. The van der Waals surface area contributed by atoms with Crippen LogP contribution in [0.2, 0.25) is 5.02 Å². The minimum absolute atomic E-state index is 0.136. The molecule has 2 aromatic rings. The number of amides is 1. The third kappa shape index (κ3) is 5.78. The van der Waals surface area contributed by atoms with Crippen LogP contribution in [-0.2, 0) is 4.79 Å². The molecule has 0 atom stereocenters. The zero-order chi connectivity index (χ0) is 17.5. The first-order valence-corrected chi connectivity index (χ1v) is 8.34. The molecule has 128 valence electrons. The molecule has 0 aliphatic rings. The zero-order valence-corrected chi connectivity index (χ0v) is 15.0. The van der Waals surface area contributed by atoms with Crippen molar-refractivity contribution in [2.24, 2.45) is 5.92 Å². The van der Waals surface area contributed by atoms with Crippen LogP contribution >= 0.6 is 11.6 Å². The van der Waals surface area contributed by atoms with Crippen molar-refractivity contribution < 1.29 is 9.53 Å². The van der Waals surface area contributed by atoms with Gasteiger partial charge in [-0.15, -0.1) is 0 Å². The van der Waals surface area contributed by atoms with Gasteiger partial charge in [0, 0.05) is 22.5 Å². The van der Waals surface area contributed by atoms with Crippen LogP contribution in [0.1, 0.15) is 19.4 Å². The monoisotopic (exact) mass is 346 g/mol. The highest BCUT2D eigenvalue weighted by Gasteiger charge is 2.05. The topological polar surface area (TPSA) is 50.4 Å². The van der Waals surface area contributed by atoms with Gasteiger partial charge in [0.15, 0.2) is 0 Å². The predicted octanol–water partition coefficient (Wildman–Crippen LogP) is 4.73. The average molecular weight is 347 g/mol. The minimum Gasteiger partial charge on any atom is -0.493 e. The molecular weight excluding hydrogens is 324 g/mol. The van der Waals surface area contributed by atoms with Gasteiger partial charge in [0.25, 0.3) is 0 Å². The molecule has 0 unspecified atom stereocenters. The maximum absolute atomic E-state index is 12.0. The fraction of sp³-hybridized carbons (Fsp3) is 0.316. The van der Waals surface area contributed by atoms with E-state index in [0.717, 1.165) is 17.0 Å². The van der Waals surface area contributed by atoms with Crippen LogP contribution in [0.4, 0.5) is 11.4 Å². The van der Waals surface area contributed by atoms with Crippen molar-refractivity contribution in [3.8, 4) is 5.75 Å². The summed E-state index contributed by atoms with van der Waals surface area (Å²) in [6, 6.07) is 13.0. The summed E-state index contributed by atoms with van der Waals surface area (Å²) in [7, 11) is 0. The molecule has 0 radical (unpaired) electrons. The number of carbonyl (C=O) groups excluding carboxylic acids is 1. The van der Waals surface area contributed by atoms with Gasteiger partial charge in [-0.2, -0.15) is 0 Å². The molecule has 0 saturated carbocycles. The van der Waals surface area contributed by atoms with Gasteiger partial charge in [0.05, 0.1) is 13.2 Å². The second-order valence-electron chi connectivity index (χ2n) is 6.10. The van der Waals surface area contributed by atoms with E-state index >= 15 is 0 Å². The van der Waals surface area contributed by atoms with Gasteiger partial charge in [-0.3, -0.25) is 4.79 Å². The summed E-state index contributed by atoms with van der Waals surface area (Å²) in [4.78, 5) is 12.0. The Morgan fingerprint density at radius 3 is 2.67 bits per heavy atom. The van der Waals surface area contributed by atoms with Crippen LogP contribution in [0.3, 0.4) is 0 Å². The van der Waals surface area contributed by atoms with Crippen molar-refractivity contribution in [1.82, 2.24) is 0 Å².